The number of benzene rings is 1. The predicted molar refractivity (Wildman–Crippen MR) is 125 cm³/mol. The molecule has 0 aromatic heterocycles. The Kier molecular flexibility index (Phi) is 11.7. The minimum Gasteiger partial charge on any atom is -0.377 e. The van der Waals surface area contributed by atoms with Crippen LogP contribution in [0.3, 0.4) is 0 Å². The summed E-state index contributed by atoms with van der Waals surface area (Å²) in [5.74, 6) is 0.500. The number of sulfonamides is 1. The van der Waals surface area contributed by atoms with Crippen LogP contribution in [-0.2, 0) is 14.8 Å². The van der Waals surface area contributed by atoms with E-state index in [-0.39, 0.29) is 48.4 Å². The highest BCUT2D eigenvalue weighted by atomic mass is 127. The number of nitrogens with zero attached hydrogens (tertiary/aromatic N) is 1. The van der Waals surface area contributed by atoms with Crippen molar-refractivity contribution in [2.24, 2.45) is 4.99 Å². The van der Waals surface area contributed by atoms with E-state index >= 15 is 0 Å². The molecule has 1 aromatic rings. The summed E-state index contributed by atoms with van der Waals surface area (Å²) < 4.78 is 32.5. The quantitative estimate of drug-likeness (QED) is 0.266. The van der Waals surface area contributed by atoms with Crippen LogP contribution in [0.2, 0.25) is 5.02 Å². The Balaban J connectivity index is 0.00000392. The van der Waals surface area contributed by atoms with Gasteiger partial charge in [0.2, 0.25) is 10.0 Å². The zero-order valence-corrected chi connectivity index (χ0v) is 20.2. The molecule has 0 amide bonds. The number of ether oxygens (including phenoxy) is 1. The van der Waals surface area contributed by atoms with E-state index in [1.165, 1.54) is 0 Å². The topological polar surface area (TPSA) is 91.8 Å². The van der Waals surface area contributed by atoms with E-state index in [0.29, 0.717) is 24.1 Å². The Morgan fingerprint density at radius 1 is 1.39 bits per heavy atom. The van der Waals surface area contributed by atoms with E-state index in [1.807, 2.05) is 31.2 Å². The van der Waals surface area contributed by atoms with Gasteiger partial charge >= 0.3 is 0 Å². The summed E-state index contributed by atoms with van der Waals surface area (Å²) in [6.45, 7) is 3.28. The van der Waals surface area contributed by atoms with Gasteiger partial charge in [-0.05, 0) is 43.9 Å². The molecular formula is C18H30ClIN4O3S. The summed E-state index contributed by atoms with van der Waals surface area (Å²) in [4.78, 5) is 4.14. The van der Waals surface area contributed by atoms with Gasteiger partial charge in [0.1, 0.15) is 0 Å². The van der Waals surface area contributed by atoms with Crippen LogP contribution in [0.15, 0.2) is 29.3 Å². The van der Waals surface area contributed by atoms with Crippen molar-refractivity contribution in [2.45, 2.75) is 38.3 Å². The fourth-order valence-corrected chi connectivity index (χ4v) is 3.98. The lowest BCUT2D eigenvalue weighted by molar-refractivity contribution is 0.0200. The van der Waals surface area contributed by atoms with Gasteiger partial charge in [0.05, 0.1) is 17.9 Å². The molecule has 10 heteroatoms. The van der Waals surface area contributed by atoms with Crippen LogP contribution in [0.4, 0.5) is 0 Å². The standard InChI is InChI=1S/C18H29ClN4O3S.HI/c1-14(15-6-5-7-16(19)12-15)23-18(20-2)21-9-11-27(24,25)22-13-17-8-3-4-10-26-17;/h5-7,12,14,17,22H,3-4,8-11,13H2,1-2H3,(H2,20,21,23);1H. The zero-order chi connectivity index (χ0) is 19.7. The van der Waals surface area contributed by atoms with Crippen LogP contribution in [0.1, 0.15) is 37.8 Å². The Morgan fingerprint density at radius 3 is 2.82 bits per heavy atom. The third kappa shape index (κ3) is 9.25. The largest absolute Gasteiger partial charge is 0.377 e. The smallest absolute Gasteiger partial charge is 0.213 e. The van der Waals surface area contributed by atoms with Crippen molar-refractivity contribution in [3.8, 4) is 0 Å². The summed E-state index contributed by atoms with van der Waals surface area (Å²) in [6, 6.07) is 7.54. The van der Waals surface area contributed by atoms with Crippen molar-refractivity contribution >= 4 is 51.6 Å². The highest BCUT2D eigenvalue weighted by Gasteiger charge is 2.17. The highest BCUT2D eigenvalue weighted by Crippen LogP contribution is 2.17. The van der Waals surface area contributed by atoms with Crippen LogP contribution < -0.4 is 15.4 Å². The van der Waals surface area contributed by atoms with Crippen LogP contribution in [0, 0.1) is 0 Å². The molecule has 0 spiro atoms. The maximum absolute atomic E-state index is 12.1. The number of halogens is 2. The summed E-state index contributed by atoms with van der Waals surface area (Å²) in [5, 5.41) is 6.93. The normalized spacial score (nSPS) is 18.8. The number of hydrogen-bond acceptors (Lipinski definition) is 4. The molecule has 1 aliphatic rings. The molecular weight excluding hydrogens is 515 g/mol. The van der Waals surface area contributed by atoms with Crippen LogP contribution in [-0.4, -0.2) is 53.0 Å². The van der Waals surface area contributed by atoms with Gasteiger partial charge in [0.15, 0.2) is 5.96 Å². The highest BCUT2D eigenvalue weighted by molar-refractivity contribution is 14.0. The van der Waals surface area contributed by atoms with E-state index in [4.69, 9.17) is 16.3 Å². The fraction of sp³-hybridized carbons (Fsp3) is 0.611. The second-order valence-corrected chi connectivity index (χ2v) is 8.94. The predicted octanol–water partition coefficient (Wildman–Crippen LogP) is 2.67. The molecule has 1 saturated heterocycles. The van der Waals surface area contributed by atoms with Crippen LogP contribution in [0.25, 0.3) is 0 Å². The van der Waals surface area contributed by atoms with E-state index in [1.54, 1.807) is 7.05 Å². The molecule has 0 saturated carbocycles. The van der Waals surface area contributed by atoms with Crippen molar-refractivity contribution in [1.29, 1.82) is 0 Å². The van der Waals surface area contributed by atoms with Gasteiger partial charge in [-0.25, -0.2) is 13.1 Å². The fourth-order valence-electron chi connectivity index (χ4n) is 2.82. The minimum atomic E-state index is -3.36. The molecule has 3 N–H and O–H groups in total. The maximum atomic E-state index is 12.1. The second-order valence-electron chi connectivity index (χ2n) is 6.58. The molecule has 1 heterocycles. The van der Waals surface area contributed by atoms with Crippen molar-refractivity contribution in [2.75, 3.05) is 32.5 Å². The lowest BCUT2D eigenvalue weighted by atomic mass is 10.1. The SMILES string of the molecule is CN=C(NCCS(=O)(=O)NCC1CCCCO1)NC(C)c1cccc(Cl)c1.I. The Labute approximate surface area is 190 Å². The zero-order valence-electron chi connectivity index (χ0n) is 16.3. The molecule has 2 atom stereocenters. The minimum absolute atomic E-state index is 0. The van der Waals surface area contributed by atoms with Gasteiger partial charge in [0.25, 0.3) is 0 Å². The van der Waals surface area contributed by atoms with Crippen molar-refractivity contribution in [3.63, 3.8) is 0 Å². The number of aliphatic imine (C=N–C) groups is 1. The monoisotopic (exact) mass is 544 g/mol. The van der Waals surface area contributed by atoms with Gasteiger partial charge < -0.3 is 15.4 Å². The molecule has 28 heavy (non-hydrogen) atoms. The molecule has 160 valence electrons. The van der Waals surface area contributed by atoms with Gasteiger partial charge in [-0.2, -0.15) is 0 Å². The molecule has 7 nitrogen and oxygen atoms in total. The Morgan fingerprint density at radius 2 is 2.18 bits per heavy atom. The van der Waals surface area contributed by atoms with Gasteiger partial charge in [-0.15, -0.1) is 24.0 Å². The summed E-state index contributed by atoms with van der Waals surface area (Å²) in [6.07, 6.45) is 3.02. The first kappa shape index (κ1) is 25.4. The van der Waals surface area contributed by atoms with E-state index < -0.39 is 10.0 Å². The average molecular weight is 545 g/mol. The van der Waals surface area contributed by atoms with Gasteiger partial charge in [0, 0.05) is 31.8 Å². The van der Waals surface area contributed by atoms with Crippen molar-refractivity contribution < 1.29 is 13.2 Å². The third-order valence-corrected chi connectivity index (χ3v) is 5.98. The molecule has 1 fully saturated rings. The first-order chi connectivity index (χ1) is 12.9. The molecule has 2 rings (SSSR count). The molecule has 2 unspecified atom stereocenters. The van der Waals surface area contributed by atoms with E-state index in [2.05, 4.69) is 20.3 Å². The lowest BCUT2D eigenvalue weighted by Gasteiger charge is -2.22. The Hall–Kier alpha value is -0.620. The van der Waals surface area contributed by atoms with Gasteiger partial charge in [-0.1, -0.05) is 23.7 Å². The lowest BCUT2D eigenvalue weighted by Crippen LogP contribution is -2.43. The van der Waals surface area contributed by atoms with E-state index in [0.717, 1.165) is 24.8 Å². The average Bonchev–Trinajstić information content (AvgIpc) is 2.66. The first-order valence-corrected chi connectivity index (χ1v) is 11.2. The number of nitrogens with one attached hydrogen (secondary N) is 3. The summed E-state index contributed by atoms with van der Waals surface area (Å²) in [5.41, 5.74) is 1.02. The molecule has 1 aliphatic heterocycles. The van der Waals surface area contributed by atoms with Crippen molar-refractivity contribution in [1.82, 2.24) is 15.4 Å². The Bertz CT molecular complexity index is 727. The molecule has 0 aliphatic carbocycles. The van der Waals surface area contributed by atoms with Crippen molar-refractivity contribution in [3.05, 3.63) is 34.9 Å². The molecule has 0 radical (unpaired) electrons. The molecule has 0 bridgehead atoms. The second kappa shape index (κ2) is 12.8. The number of hydrogen-bond donors (Lipinski definition) is 3. The number of rotatable bonds is 8. The maximum Gasteiger partial charge on any atom is 0.213 e. The van der Waals surface area contributed by atoms with Gasteiger partial charge in [-0.3, -0.25) is 4.99 Å². The summed E-state index contributed by atoms with van der Waals surface area (Å²) in [7, 11) is -1.72. The number of guanidine groups is 1. The first-order valence-electron chi connectivity index (χ1n) is 9.21. The van der Waals surface area contributed by atoms with Crippen LogP contribution >= 0.6 is 35.6 Å². The third-order valence-electron chi connectivity index (χ3n) is 4.39. The molecule has 1 aromatic carbocycles. The van der Waals surface area contributed by atoms with Crippen LogP contribution in [0.5, 0.6) is 0 Å². The summed E-state index contributed by atoms with van der Waals surface area (Å²) >= 11 is 6.02. The van der Waals surface area contributed by atoms with E-state index in [9.17, 15) is 8.42 Å².